The van der Waals surface area contributed by atoms with Crippen molar-refractivity contribution in [1.29, 1.82) is 0 Å². The summed E-state index contributed by atoms with van der Waals surface area (Å²) in [4.78, 5) is 0. The first-order valence-electron chi connectivity index (χ1n) is 7.06. The summed E-state index contributed by atoms with van der Waals surface area (Å²) in [5.41, 5.74) is 2.57. The van der Waals surface area contributed by atoms with Gasteiger partial charge >= 0.3 is 0 Å². The maximum absolute atomic E-state index is 8.78. The lowest BCUT2D eigenvalue weighted by Crippen LogP contribution is -2.33. The zero-order valence-electron chi connectivity index (χ0n) is 12.6. The van der Waals surface area contributed by atoms with Crippen LogP contribution in [-0.4, -0.2) is 31.4 Å². The highest BCUT2D eigenvalue weighted by Crippen LogP contribution is 2.27. The smallest absolute Gasteiger partial charge is 0.122 e. The molecule has 0 spiro atoms. The Morgan fingerprint density at radius 1 is 1.32 bits per heavy atom. The van der Waals surface area contributed by atoms with Crippen LogP contribution in [0.2, 0.25) is 0 Å². The van der Waals surface area contributed by atoms with Crippen molar-refractivity contribution < 1.29 is 9.84 Å². The second kappa shape index (κ2) is 7.51. The van der Waals surface area contributed by atoms with E-state index in [1.54, 1.807) is 0 Å². The van der Waals surface area contributed by atoms with E-state index in [0.29, 0.717) is 6.61 Å². The van der Waals surface area contributed by atoms with E-state index < -0.39 is 0 Å². The Morgan fingerprint density at radius 2 is 2.05 bits per heavy atom. The zero-order valence-corrected chi connectivity index (χ0v) is 12.6. The number of rotatable bonds is 8. The van der Waals surface area contributed by atoms with E-state index in [1.165, 1.54) is 11.1 Å². The Hall–Kier alpha value is -1.06. The minimum Gasteiger partial charge on any atom is -0.494 e. The fourth-order valence-corrected chi connectivity index (χ4v) is 2.09. The summed E-state index contributed by atoms with van der Waals surface area (Å²) >= 11 is 0. The van der Waals surface area contributed by atoms with Crippen molar-refractivity contribution in [2.45, 2.75) is 39.5 Å². The Labute approximate surface area is 117 Å². The minimum absolute atomic E-state index is 0.0744. The minimum atomic E-state index is 0.0744. The molecule has 0 fully saturated rings. The molecule has 3 heteroatoms. The third-order valence-corrected chi connectivity index (χ3v) is 3.33. The van der Waals surface area contributed by atoms with E-state index in [4.69, 9.17) is 9.84 Å². The van der Waals surface area contributed by atoms with Crippen molar-refractivity contribution in [3.63, 3.8) is 0 Å². The molecule has 1 aromatic rings. The molecule has 0 aliphatic carbocycles. The first-order chi connectivity index (χ1) is 9.01. The Kier molecular flexibility index (Phi) is 6.32. The highest BCUT2D eigenvalue weighted by molar-refractivity contribution is 5.39. The van der Waals surface area contributed by atoms with E-state index >= 15 is 0 Å². The SMILES string of the molecule is CCOc1ccc(C(C)(C)CNCCCO)cc1C. The van der Waals surface area contributed by atoms with Gasteiger partial charge in [0.05, 0.1) is 6.61 Å². The third-order valence-electron chi connectivity index (χ3n) is 3.33. The summed E-state index contributed by atoms with van der Waals surface area (Å²) in [5.74, 6) is 0.968. The maximum Gasteiger partial charge on any atom is 0.122 e. The van der Waals surface area contributed by atoms with Crippen molar-refractivity contribution in [2.24, 2.45) is 0 Å². The standard InChI is InChI=1S/C16H27NO2/c1-5-19-15-8-7-14(11-13(15)2)16(3,4)12-17-9-6-10-18/h7-8,11,17-18H,5-6,9-10,12H2,1-4H3. The molecule has 0 aliphatic rings. The van der Waals surface area contributed by atoms with Gasteiger partial charge in [0, 0.05) is 18.6 Å². The van der Waals surface area contributed by atoms with Crippen molar-refractivity contribution in [2.75, 3.05) is 26.3 Å². The van der Waals surface area contributed by atoms with Gasteiger partial charge in [-0.2, -0.15) is 0 Å². The molecule has 0 aromatic heterocycles. The molecule has 3 nitrogen and oxygen atoms in total. The topological polar surface area (TPSA) is 41.5 Å². The van der Waals surface area contributed by atoms with Gasteiger partial charge in [-0.1, -0.05) is 26.0 Å². The van der Waals surface area contributed by atoms with Gasteiger partial charge in [0.2, 0.25) is 0 Å². The predicted octanol–water partition coefficient (Wildman–Crippen LogP) is 2.64. The quantitative estimate of drug-likeness (QED) is 0.710. The van der Waals surface area contributed by atoms with Crippen LogP contribution in [-0.2, 0) is 5.41 Å². The molecule has 0 unspecified atom stereocenters. The molecule has 0 radical (unpaired) electrons. The van der Waals surface area contributed by atoms with Gasteiger partial charge in [0.25, 0.3) is 0 Å². The van der Waals surface area contributed by atoms with E-state index in [9.17, 15) is 0 Å². The average Bonchev–Trinajstić information content (AvgIpc) is 2.37. The molecular formula is C16H27NO2. The number of hydrogen-bond donors (Lipinski definition) is 2. The Morgan fingerprint density at radius 3 is 2.63 bits per heavy atom. The van der Waals surface area contributed by atoms with Crippen molar-refractivity contribution in [3.8, 4) is 5.75 Å². The molecule has 0 heterocycles. The molecule has 0 aliphatic heterocycles. The van der Waals surface area contributed by atoms with Crippen LogP contribution in [0.3, 0.4) is 0 Å². The molecule has 0 amide bonds. The lowest BCUT2D eigenvalue weighted by atomic mass is 9.83. The van der Waals surface area contributed by atoms with Gasteiger partial charge < -0.3 is 15.2 Å². The second-order valence-corrected chi connectivity index (χ2v) is 5.55. The maximum atomic E-state index is 8.78. The molecule has 1 rings (SSSR count). The van der Waals surface area contributed by atoms with E-state index in [1.807, 2.05) is 6.92 Å². The van der Waals surface area contributed by atoms with Crippen LogP contribution in [0, 0.1) is 6.92 Å². The van der Waals surface area contributed by atoms with Crippen LogP contribution in [0.15, 0.2) is 18.2 Å². The molecule has 0 saturated heterocycles. The fourth-order valence-electron chi connectivity index (χ4n) is 2.09. The summed E-state index contributed by atoms with van der Waals surface area (Å²) in [6, 6.07) is 6.41. The van der Waals surface area contributed by atoms with Crippen LogP contribution >= 0.6 is 0 Å². The summed E-state index contributed by atoms with van der Waals surface area (Å²) in [7, 11) is 0. The van der Waals surface area contributed by atoms with E-state index in [2.05, 4.69) is 44.3 Å². The zero-order chi connectivity index (χ0) is 14.3. The lowest BCUT2D eigenvalue weighted by molar-refractivity contribution is 0.284. The van der Waals surface area contributed by atoms with Crippen molar-refractivity contribution in [3.05, 3.63) is 29.3 Å². The molecule has 2 N–H and O–H groups in total. The number of benzene rings is 1. The Bertz CT molecular complexity index is 388. The van der Waals surface area contributed by atoms with Gasteiger partial charge in [0.15, 0.2) is 0 Å². The predicted molar refractivity (Wildman–Crippen MR) is 79.9 cm³/mol. The fraction of sp³-hybridized carbons (Fsp3) is 0.625. The van der Waals surface area contributed by atoms with E-state index in [0.717, 1.165) is 25.3 Å². The van der Waals surface area contributed by atoms with Crippen LogP contribution in [0.5, 0.6) is 5.75 Å². The van der Waals surface area contributed by atoms with Gasteiger partial charge in [-0.25, -0.2) is 0 Å². The van der Waals surface area contributed by atoms with Crippen LogP contribution in [0.25, 0.3) is 0 Å². The molecular weight excluding hydrogens is 238 g/mol. The number of hydrogen-bond acceptors (Lipinski definition) is 3. The highest BCUT2D eigenvalue weighted by atomic mass is 16.5. The summed E-state index contributed by atoms with van der Waals surface area (Å²) in [5, 5.41) is 12.2. The molecule has 1 aromatic carbocycles. The first kappa shape index (κ1) is 16.0. The Balaban J connectivity index is 2.69. The number of ether oxygens (including phenoxy) is 1. The number of aliphatic hydroxyl groups is 1. The summed E-state index contributed by atoms with van der Waals surface area (Å²) in [6.45, 7) is 11.3. The monoisotopic (exact) mass is 265 g/mol. The molecule has 108 valence electrons. The second-order valence-electron chi connectivity index (χ2n) is 5.55. The number of aliphatic hydroxyl groups excluding tert-OH is 1. The summed E-state index contributed by atoms with van der Waals surface area (Å²) < 4.78 is 5.57. The number of aryl methyl sites for hydroxylation is 1. The summed E-state index contributed by atoms with van der Waals surface area (Å²) in [6.07, 6.45) is 0.804. The third kappa shape index (κ3) is 4.84. The molecule has 0 saturated carbocycles. The molecule has 19 heavy (non-hydrogen) atoms. The van der Waals surface area contributed by atoms with Gasteiger partial charge in [-0.15, -0.1) is 0 Å². The number of nitrogens with one attached hydrogen (secondary N) is 1. The van der Waals surface area contributed by atoms with Gasteiger partial charge in [-0.05, 0) is 44.0 Å². The highest BCUT2D eigenvalue weighted by Gasteiger charge is 2.20. The molecule has 0 bridgehead atoms. The first-order valence-corrected chi connectivity index (χ1v) is 7.06. The molecule has 0 atom stereocenters. The van der Waals surface area contributed by atoms with Crippen LogP contribution < -0.4 is 10.1 Å². The van der Waals surface area contributed by atoms with Gasteiger partial charge in [-0.3, -0.25) is 0 Å². The van der Waals surface area contributed by atoms with Crippen LogP contribution in [0.4, 0.5) is 0 Å². The van der Waals surface area contributed by atoms with E-state index in [-0.39, 0.29) is 12.0 Å². The van der Waals surface area contributed by atoms with Crippen molar-refractivity contribution >= 4 is 0 Å². The average molecular weight is 265 g/mol. The van der Waals surface area contributed by atoms with Gasteiger partial charge in [0.1, 0.15) is 5.75 Å². The van der Waals surface area contributed by atoms with Crippen molar-refractivity contribution in [1.82, 2.24) is 5.32 Å². The van der Waals surface area contributed by atoms with Crippen LogP contribution in [0.1, 0.15) is 38.3 Å². The largest absolute Gasteiger partial charge is 0.494 e. The normalized spacial score (nSPS) is 11.6. The lowest BCUT2D eigenvalue weighted by Gasteiger charge is -2.26.